The lowest BCUT2D eigenvalue weighted by Gasteiger charge is -1.95. The number of hydrogen-bond acceptors (Lipinski definition) is 2. The summed E-state index contributed by atoms with van der Waals surface area (Å²) in [7, 11) is 0. The smallest absolute Gasteiger partial charge is 0.299 e. The number of imidazole rings is 1. The van der Waals surface area contributed by atoms with Crippen LogP contribution in [-0.4, -0.2) is 18.9 Å². The number of pyridine rings is 1. The Bertz CT molecular complexity index is 1090. The number of aromatic nitrogens is 5. The van der Waals surface area contributed by atoms with Crippen LogP contribution in [0, 0.1) is 0 Å². The average molecular weight is 265 g/mol. The molecule has 5 rings (SSSR count). The Morgan fingerprint density at radius 2 is 2.30 bits per heavy atom. The van der Waals surface area contributed by atoms with Crippen LogP contribution < -0.4 is 4.57 Å². The highest BCUT2D eigenvalue weighted by Crippen LogP contribution is 2.33. The molecule has 0 spiro atoms. The fraction of sp³-hybridized carbons (Fsp3) is 0.133. The molecule has 5 nitrogen and oxygen atoms in total. The van der Waals surface area contributed by atoms with Crippen LogP contribution in [0.3, 0.4) is 0 Å². The molecule has 4 aromatic rings. The van der Waals surface area contributed by atoms with E-state index in [9.17, 15) is 0 Å². The first-order valence-electron chi connectivity index (χ1n) is 7.89. The number of fused-ring (bicyclic) bond motifs is 7. The molecule has 0 unspecified atom stereocenters. The zero-order valence-corrected chi connectivity index (χ0v) is 10.5. The standard InChI is InChI=1S/C15H12N5/c1-18-14-11-4-6-16-9-19(11)8-12(14)20-7-10-3-2-5-17-13(10)15(18)20/h2-6,8-9H,7H2,1H3/q+1/i1D3. The molecule has 20 heavy (non-hydrogen) atoms. The summed E-state index contributed by atoms with van der Waals surface area (Å²) in [5, 5.41) is 0. The maximum absolute atomic E-state index is 8.03. The third kappa shape index (κ3) is 1.02. The Hall–Kier alpha value is -2.69. The van der Waals surface area contributed by atoms with Gasteiger partial charge in [-0.3, -0.25) is 4.40 Å². The molecular weight excluding hydrogens is 250 g/mol. The van der Waals surface area contributed by atoms with Crippen LogP contribution in [-0.2, 0) is 13.5 Å². The fourth-order valence-electron chi connectivity index (χ4n) is 3.10. The van der Waals surface area contributed by atoms with Crippen LogP contribution in [0.15, 0.2) is 43.1 Å². The van der Waals surface area contributed by atoms with Crippen LogP contribution in [0.4, 0.5) is 0 Å². The second kappa shape index (κ2) is 3.25. The summed E-state index contributed by atoms with van der Waals surface area (Å²) >= 11 is 0. The van der Waals surface area contributed by atoms with Gasteiger partial charge in [0.05, 0.1) is 29.1 Å². The van der Waals surface area contributed by atoms with Gasteiger partial charge in [-0.15, -0.1) is 0 Å². The maximum Gasteiger partial charge on any atom is 0.309 e. The molecule has 0 aliphatic carbocycles. The fourth-order valence-corrected chi connectivity index (χ4v) is 3.10. The number of nitrogens with zero attached hydrogens (tertiary/aromatic N) is 5. The van der Waals surface area contributed by atoms with Gasteiger partial charge in [-0.2, -0.15) is 0 Å². The lowest BCUT2D eigenvalue weighted by atomic mass is 10.2. The summed E-state index contributed by atoms with van der Waals surface area (Å²) in [6, 6.07) is 5.70. The van der Waals surface area contributed by atoms with Gasteiger partial charge in [0.25, 0.3) is 0 Å². The van der Waals surface area contributed by atoms with Crippen molar-refractivity contribution >= 4 is 16.6 Å². The van der Waals surface area contributed by atoms with Gasteiger partial charge in [-0.25, -0.2) is 19.1 Å². The molecule has 1 aliphatic heterocycles. The van der Waals surface area contributed by atoms with Crippen molar-refractivity contribution in [3.8, 4) is 11.5 Å². The van der Waals surface area contributed by atoms with Crippen molar-refractivity contribution in [1.82, 2.24) is 18.9 Å². The minimum Gasteiger partial charge on any atom is -0.299 e. The van der Waals surface area contributed by atoms with E-state index in [1.165, 1.54) is 4.57 Å². The van der Waals surface area contributed by atoms with Gasteiger partial charge >= 0.3 is 5.82 Å². The Morgan fingerprint density at radius 3 is 3.25 bits per heavy atom. The van der Waals surface area contributed by atoms with E-state index >= 15 is 0 Å². The third-order valence-corrected chi connectivity index (χ3v) is 3.95. The molecule has 0 amide bonds. The number of rotatable bonds is 0. The largest absolute Gasteiger partial charge is 0.309 e. The SMILES string of the molecule is [2H]C([2H])([2H])[n+]1c2n(c3cn4cnccc4c31)Cc1cccnc1-2. The average Bonchev–Trinajstić information content (AvgIpc) is 3.13. The Balaban J connectivity index is 2.01. The predicted molar refractivity (Wildman–Crippen MR) is 74.2 cm³/mol. The van der Waals surface area contributed by atoms with Crippen molar-refractivity contribution in [2.45, 2.75) is 6.54 Å². The molecule has 0 N–H and O–H groups in total. The lowest BCUT2D eigenvalue weighted by molar-refractivity contribution is -0.633. The second-order valence-electron chi connectivity index (χ2n) is 4.99. The first-order valence-corrected chi connectivity index (χ1v) is 6.39. The van der Waals surface area contributed by atoms with Gasteiger partial charge in [0.1, 0.15) is 6.54 Å². The highest BCUT2D eigenvalue weighted by Gasteiger charge is 2.35. The van der Waals surface area contributed by atoms with Crippen LogP contribution in [0.1, 0.15) is 9.68 Å². The molecule has 0 saturated heterocycles. The molecule has 0 saturated carbocycles. The molecule has 0 aromatic carbocycles. The summed E-state index contributed by atoms with van der Waals surface area (Å²) in [5.41, 5.74) is 4.18. The zero-order valence-electron chi connectivity index (χ0n) is 13.5. The van der Waals surface area contributed by atoms with Gasteiger partial charge < -0.3 is 0 Å². The van der Waals surface area contributed by atoms with Crippen molar-refractivity contribution in [3.63, 3.8) is 0 Å². The van der Waals surface area contributed by atoms with Crippen molar-refractivity contribution in [3.05, 3.63) is 48.7 Å². The Labute approximate surface area is 119 Å². The summed E-state index contributed by atoms with van der Waals surface area (Å²) < 4.78 is 29.4. The van der Waals surface area contributed by atoms with Crippen molar-refractivity contribution in [2.75, 3.05) is 0 Å². The highest BCUT2D eigenvalue weighted by molar-refractivity contribution is 5.91. The quantitative estimate of drug-likeness (QED) is 0.398. The van der Waals surface area contributed by atoms with Crippen LogP contribution in [0.2, 0.25) is 0 Å². The van der Waals surface area contributed by atoms with E-state index in [1.54, 1.807) is 18.7 Å². The van der Waals surface area contributed by atoms with E-state index in [2.05, 4.69) is 9.97 Å². The first kappa shape index (κ1) is 7.79. The lowest BCUT2D eigenvalue weighted by Crippen LogP contribution is -2.29. The molecule has 0 fully saturated rings. The molecule has 5 heteroatoms. The topological polar surface area (TPSA) is 39.0 Å². The van der Waals surface area contributed by atoms with Crippen LogP contribution in [0.5, 0.6) is 0 Å². The highest BCUT2D eigenvalue weighted by atomic mass is 15.2. The Kier molecular flexibility index (Phi) is 1.27. The first-order chi connectivity index (χ1) is 11.1. The molecular formula is C15H12N5+. The molecule has 5 heterocycles. The third-order valence-electron chi connectivity index (χ3n) is 3.95. The molecule has 4 aromatic heterocycles. The van der Waals surface area contributed by atoms with Crippen molar-refractivity contribution in [2.24, 2.45) is 6.98 Å². The minimum absolute atomic E-state index is 0.627. The van der Waals surface area contributed by atoms with E-state index < -0.39 is 6.98 Å². The summed E-state index contributed by atoms with van der Waals surface area (Å²) in [5.74, 6) is 0.643. The maximum atomic E-state index is 8.03. The van der Waals surface area contributed by atoms with E-state index in [0.717, 1.165) is 22.3 Å². The van der Waals surface area contributed by atoms with E-state index in [0.29, 0.717) is 17.9 Å². The summed E-state index contributed by atoms with van der Waals surface area (Å²) in [6.07, 6.45) is 6.99. The molecule has 96 valence electrons. The van der Waals surface area contributed by atoms with Gasteiger partial charge in [0.15, 0.2) is 16.7 Å². The number of aryl methyl sites for hydroxylation is 1. The van der Waals surface area contributed by atoms with E-state index in [4.69, 9.17) is 4.11 Å². The molecule has 0 radical (unpaired) electrons. The second-order valence-corrected chi connectivity index (χ2v) is 4.99. The number of hydrogen-bond donors (Lipinski definition) is 0. The van der Waals surface area contributed by atoms with Crippen LogP contribution in [0.25, 0.3) is 28.1 Å². The van der Waals surface area contributed by atoms with Crippen molar-refractivity contribution < 1.29 is 8.68 Å². The zero-order chi connectivity index (χ0) is 15.8. The minimum atomic E-state index is -2.29. The molecule has 0 atom stereocenters. The monoisotopic (exact) mass is 265 g/mol. The molecule has 1 aliphatic rings. The van der Waals surface area contributed by atoms with Crippen molar-refractivity contribution in [1.29, 1.82) is 0 Å². The van der Waals surface area contributed by atoms with E-state index in [-0.39, 0.29) is 0 Å². The normalized spacial score (nSPS) is 15.9. The summed E-state index contributed by atoms with van der Waals surface area (Å²) in [4.78, 5) is 8.52. The van der Waals surface area contributed by atoms with Crippen LogP contribution >= 0.6 is 0 Å². The van der Waals surface area contributed by atoms with Gasteiger partial charge in [0.2, 0.25) is 0 Å². The van der Waals surface area contributed by atoms with Gasteiger partial charge in [-0.05, 0) is 12.1 Å². The van der Waals surface area contributed by atoms with Gasteiger partial charge in [0, 0.05) is 18.0 Å². The summed E-state index contributed by atoms with van der Waals surface area (Å²) in [6.45, 7) is -1.66. The molecule has 0 bridgehead atoms. The predicted octanol–water partition coefficient (Wildman–Crippen LogP) is 1.54. The van der Waals surface area contributed by atoms with E-state index in [1.807, 2.05) is 33.4 Å². The van der Waals surface area contributed by atoms with Gasteiger partial charge in [-0.1, -0.05) is 6.07 Å². The Morgan fingerprint density at radius 1 is 1.30 bits per heavy atom.